The molecule has 4 nitrogen and oxygen atoms in total. The molecule has 0 unspecified atom stereocenters. The van der Waals surface area contributed by atoms with Gasteiger partial charge in [0.15, 0.2) is 0 Å². The first-order valence-electron chi connectivity index (χ1n) is 5.57. The van der Waals surface area contributed by atoms with Crippen LogP contribution in [0.15, 0.2) is 0 Å². The SMILES string of the molecule is CCCCC(=O)Nc1nnc(C(C)(C)C)s1. The van der Waals surface area contributed by atoms with Gasteiger partial charge in [0.1, 0.15) is 5.01 Å². The Kier molecular flexibility index (Phi) is 4.41. The topological polar surface area (TPSA) is 54.9 Å². The molecule has 0 bridgehead atoms. The third kappa shape index (κ3) is 3.89. The quantitative estimate of drug-likeness (QED) is 0.881. The molecule has 0 saturated heterocycles. The first kappa shape index (κ1) is 13.1. The van der Waals surface area contributed by atoms with E-state index in [9.17, 15) is 4.79 Å². The number of nitrogens with zero attached hydrogens (tertiary/aromatic N) is 2. The summed E-state index contributed by atoms with van der Waals surface area (Å²) in [6, 6.07) is 0. The normalized spacial score (nSPS) is 11.5. The van der Waals surface area contributed by atoms with E-state index < -0.39 is 0 Å². The van der Waals surface area contributed by atoms with Crippen molar-refractivity contribution in [1.29, 1.82) is 0 Å². The summed E-state index contributed by atoms with van der Waals surface area (Å²) in [6.45, 7) is 8.30. The van der Waals surface area contributed by atoms with E-state index in [1.165, 1.54) is 11.3 Å². The average molecular weight is 241 g/mol. The lowest BCUT2D eigenvalue weighted by atomic mass is 9.98. The van der Waals surface area contributed by atoms with Gasteiger partial charge in [-0.25, -0.2) is 0 Å². The number of amides is 1. The van der Waals surface area contributed by atoms with E-state index in [1.807, 2.05) is 0 Å². The highest BCUT2D eigenvalue weighted by Gasteiger charge is 2.19. The van der Waals surface area contributed by atoms with Crippen LogP contribution in [0, 0.1) is 0 Å². The smallest absolute Gasteiger partial charge is 0.226 e. The maximum absolute atomic E-state index is 11.5. The number of hydrogen-bond donors (Lipinski definition) is 1. The fraction of sp³-hybridized carbons (Fsp3) is 0.727. The predicted molar refractivity (Wildman–Crippen MR) is 66.8 cm³/mol. The maximum Gasteiger partial charge on any atom is 0.226 e. The monoisotopic (exact) mass is 241 g/mol. The molecule has 0 atom stereocenters. The number of aromatic nitrogens is 2. The molecular formula is C11H19N3OS. The third-order valence-corrected chi connectivity index (χ3v) is 3.33. The Morgan fingerprint density at radius 1 is 1.38 bits per heavy atom. The highest BCUT2D eigenvalue weighted by molar-refractivity contribution is 7.15. The van der Waals surface area contributed by atoms with Crippen molar-refractivity contribution in [2.45, 2.75) is 52.4 Å². The molecule has 0 spiro atoms. The Morgan fingerprint density at radius 3 is 2.56 bits per heavy atom. The number of unbranched alkanes of at least 4 members (excludes halogenated alkanes) is 1. The number of hydrogen-bond acceptors (Lipinski definition) is 4. The summed E-state index contributed by atoms with van der Waals surface area (Å²) in [4.78, 5) is 11.5. The third-order valence-electron chi connectivity index (χ3n) is 2.07. The van der Waals surface area contributed by atoms with Crippen LogP contribution >= 0.6 is 11.3 Å². The van der Waals surface area contributed by atoms with E-state index in [2.05, 4.69) is 43.2 Å². The Labute approximate surface area is 100 Å². The van der Waals surface area contributed by atoms with Crippen LogP contribution < -0.4 is 5.32 Å². The van der Waals surface area contributed by atoms with Crippen molar-refractivity contribution in [3.8, 4) is 0 Å². The van der Waals surface area contributed by atoms with Gasteiger partial charge in [0.05, 0.1) is 0 Å². The Morgan fingerprint density at radius 2 is 2.06 bits per heavy atom. The van der Waals surface area contributed by atoms with Crippen molar-refractivity contribution in [3.63, 3.8) is 0 Å². The van der Waals surface area contributed by atoms with Crippen LogP contribution in [0.2, 0.25) is 0 Å². The van der Waals surface area contributed by atoms with Crippen molar-refractivity contribution < 1.29 is 4.79 Å². The largest absolute Gasteiger partial charge is 0.301 e. The van der Waals surface area contributed by atoms with Crippen molar-refractivity contribution in [2.24, 2.45) is 0 Å². The molecule has 1 rings (SSSR count). The van der Waals surface area contributed by atoms with E-state index in [0.717, 1.165) is 17.8 Å². The van der Waals surface area contributed by atoms with Gasteiger partial charge >= 0.3 is 0 Å². The standard InChI is InChI=1S/C11H19N3OS/c1-5-6-7-8(15)12-10-14-13-9(16-10)11(2,3)4/h5-7H2,1-4H3,(H,12,14,15). The molecule has 90 valence electrons. The molecule has 1 N–H and O–H groups in total. The maximum atomic E-state index is 11.5. The van der Waals surface area contributed by atoms with E-state index in [-0.39, 0.29) is 11.3 Å². The summed E-state index contributed by atoms with van der Waals surface area (Å²) in [5, 5.41) is 12.4. The molecule has 1 aromatic rings. The molecule has 0 fully saturated rings. The Balaban J connectivity index is 2.56. The second kappa shape index (κ2) is 5.39. The van der Waals surface area contributed by atoms with Gasteiger partial charge in [0, 0.05) is 11.8 Å². The van der Waals surface area contributed by atoms with E-state index in [1.54, 1.807) is 0 Å². The molecule has 0 radical (unpaired) electrons. The second-order valence-electron chi connectivity index (χ2n) is 4.81. The van der Waals surface area contributed by atoms with Crippen LogP contribution in [0.4, 0.5) is 5.13 Å². The first-order chi connectivity index (χ1) is 7.43. The van der Waals surface area contributed by atoms with Gasteiger partial charge in [-0.1, -0.05) is 45.5 Å². The molecule has 1 aromatic heterocycles. The minimum absolute atomic E-state index is 0.00986. The zero-order chi connectivity index (χ0) is 12.2. The molecule has 0 aliphatic rings. The number of rotatable bonds is 4. The minimum atomic E-state index is -0.00986. The van der Waals surface area contributed by atoms with Gasteiger partial charge in [0.2, 0.25) is 11.0 Å². The van der Waals surface area contributed by atoms with Gasteiger partial charge in [-0.3, -0.25) is 4.79 Å². The summed E-state index contributed by atoms with van der Waals surface area (Å²) in [6.07, 6.45) is 2.49. The lowest BCUT2D eigenvalue weighted by molar-refractivity contribution is -0.116. The number of carbonyl (C=O) groups excluding carboxylic acids is 1. The summed E-state index contributed by atoms with van der Waals surface area (Å²) in [7, 11) is 0. The van der Waals surface area contributed by atoms with E-state index in [0.29, 0.717) is 11.6 Å². The van der Waals surface area contributed by atoms with Crippen molar-refractivity contribution in [2.75, 3.05) is 5.32 Å². The van der Waals surface area contributed by atoms with Crippen LogP contribution in [0.5, 0.6) is 0 Å². The molecule has 0 saturated carbocycles. The van der Waals surface area contributed by atoms with Crippen LogP contribution in [0.1, 0.15) is 52.0 Å². The van der Waals surface area contributed by atoms with Gasteiger partial charge in [-0.15, -0.1) is 10.2 Å². The fourth-order valence-corrected chi connectivity index (χ4v) is 1.91. The van der Waals surface area contributed by atoms with Crippen LogP contribution in [-0.4, -0.2) is 16.1 Å². The highest BCUT2D eigenvalue weighted by Crippen LogP contribution is 2.27. The number of nitrogens with one attached hydrogen (secondary N) is 1. The van der Waals surface area contributed by atoms with Crippen LogP contribution in [0.3, 0.4) is 0 Å². The van der Waals surface area contributed by atoms with Gasteiger partial charge < -0.3 is 5.32 Å². The van der Waals surface area contributed by atoms with Gasteiger partial charge in [-0.2, -0.15) is 0 Å². The number of anilines is 1. The second-order valence-corrected chi connectivity index (χ2v) is 5.79. The van der Waals surface area contributed by atoms with Crippen molar-refractivity contribution >= 4 is 22.4 Å². The summed E-state index contributed by atoms with van der Waals surface area (Å²) < 4.78 is 0. The van der Waals surface area contributed by atoms with Gasteiger partial charge in [-0.05, 0) is 6.42 Å². The molecule has 1 amide bonds. The summed E-state index contributed by atoms with van der Waals surface area (Å²) in [5.74, 6) is 0.0264. The average Bonchev–Trinajstić information content (AvgIpc) is 2.62. The lowest BCUT2D eigenvalue weighted by Crippen LogP contribution is -2.10. The Bertz CT molecular complexity index is 354. The van der Waals surface area contributed by atoms with Crippen molar-refractivity contribution in [3.05, 3.63) is 5.01 Å². The van der Waals surface area contributed by atoms with Crippen LogP contribution in [-0.2, 0) is 10.2 Å². The van der Waals surface area contributed by atoms with Crippen molar-refractivity contribution in [1.82, 2.24) is 10.2 Å². The fourth-order valence-electron chi connectivity index (χ4n) is 1.10. The molecule has 0 aliphatic carbocycles. The van der Waals surface area contributed by atoms with Gasteiger partial charge in [0.25, 0.3) is 0 Å². The molecule has 5 heteroatoms. The number of carbonyl (C=O) groups is 1. The first-order valence-corrected chi connectivity index (χ1v) is 6.39. The summed E-state index contributed by atoms with van der Waals surface area (Å²) >= 11 is 1.45. The lowest BCUT2D eigenvalue weighted by Gasteiger charge is -2.12. The molecule has 16 heavy (non-hydrogen) atoms. The molecule has 0 aliphatic heterocycles. The molecule has 0 aromatic carbocycles. The highest BCUT2D eigenvalue weighted by atomic mass is 32.1. The summed E-state index contributed by atoms with van der Waals surface area (Å²) in [5.41, 5.74) is -0.00986. The molecular weight excluding hydrogens is 222 g/mol. The molecule has 1 heterocycles. The zero-order valence-electron chi connectivity index (χ0n) is 10.3. The minimum Gasteiger partial charge on any atom is -0.301 e. The Hall–Kier alpha value is -0.970. The van der Waals surface area contributed by atoms with E-state index >= 15 is 0 Å². The zero-order valence-corrected chi connectivity index (χ0v) is 11.1. The predicted octanol–water partition coefficient (Wildman–Crippen LogP) is 2.96. The van der Waals surface area contributed by atoms with Crippen LogP contribution in [0.25, 0.3) is 0 Å². The van der Waals surface area contributed by atoms with E-state index in [4.69, 9.17) is 0 Å².